The van der Waals surface area contributed by atoms with Crippen LogP contribution in [0.4, 0.5) is 0 Å². The van der Waals surface area contributed by atoms with Gasteiger partial charge in [0.25, 0.3) is 0 Å². The molecule has 0 atom stereocenters. The van der Waals surface area contributed by atoms with E-state index in [1.807, 2.05) is 25.1 Å². The van der Waals surface area contributed by atoms with Crippen LogP contribution in [0.15, 0.2) is 54.6 Å². The maximum atomic E-state index is 6.17. The summed E-state index contributed by atoms with van der Waals surface area (Å²) in [5.41, 5.74) is 5.59. The molecular weight excluding hydrogens is 308 g/mol. The highest BCUT2D eigenvalue weighted by molar-refractivity contribution is 5.50. The van der Waals surface area contributed by atoms with E-state index in [0.29, 0.717) is 0 Å². The predicted molar refractivity (Wildman–Crippen MR) is 103 cm³/mol. The lowest BCUT2D eigenvalue weighted by atomic mass is 10.1. The number of rotatable bonds is 4. The van der Waals surface area contributed by atoms with E-state index in [-0.39, 0.29) is 0 Å². The Kier molecular flexibility index (Phi) is 4.80. The number of hydrogen-bond donors (Lipinski definition) is 0. The minimum atomic E-state index is 0.816. The SMILES string of the molecule is Cc1ccc(C)c(Oc2cccc(Oc3cc(C)ccc3C)c2C)c1. The molecule has 0 amide bonds. The lowest BCUT2D eigenvalue weighted by Gasteiger charge is -2.16. The normalized spacial score (nSPS) is 10.6. The van der Waals surface area contributed by atoms with Crippen molar-refractivity contribution in [3.63, 3.8) is 0 Å². The molecule has 0 N–H and O–H groups in total. The lowest BCUT2D eigenvalue weighted by Crippen LogP contribution is -1.95. The first kappa shape index (κ1) is 17.1. The van der Waals surface area contributed by atoms with Crippen molar-refractivity contribution in [1.82, 2.24) is 0 Å². The molecule has 2 heteroatoms. The third-order valence-electron chi connectivity index (χ3n) is 4.36. The highest BCUT2D eigenvalue weighted by Gasteiger charge is 2.11. The average molecular weight is 332 g/mol. The van der Waals surface area contributed by atoms with Gasteiger partial charge >= 0.3 is 0 Å². The van der Waals surface area contributed by atoms with Gasteiger partial charge < -0.3 is 9.47 Å². The van der Waals surface area contributed by atoms with Gasteiger partial charge in [-0.05, 0) is 81.1 Å². The standard InChI is InChI=1S/C23H24O2/c1-15-9-11-17(3)22(13-15)24-20-7-6-8-21(19(20)5)25-23-14-16(2)10-12-18(23)4/h6-14H,1-5H3. The van der Waals surface area contributed by atoms with Crippen molar-refractivity contribution in [2.45, 2.75) is 34.6 Å². The molecule has 3 aromatic rings. The first-order valence-electron chi connectivity index (χ1n) is 8.54. The van der Waals surface area contributed by atoms with E-state index in [1.54, 1.807) is 0 Å². The van der Waals surface area contributed by atoms with Crippen LogP contribution >= 0.6 is 0 Å². The van der Waals surface area contributed by atoms with E-state index < -0.39 is 0 Å². The first-order chi connectivity index (χ1) is 11.9. The smallest absolute Gasteiger partial charge is 0.134 e. The van der Waals surface area contributed by atoms with Crippen LogP contribution < -0.4 is 9.47 Å². The minimum absolute atomic E-state index is 0.816. The third-order valence-corrected chi connectivity index (χ3v) is 4.36. The van der Waals surface area contributed by atoms with Crippen molar-refractivity contribution in [2.75, 3.05) is 0 Å². The number of aryl methyl sites for hydroxylation is 4. The Morgan fingerprint density at radius 3 is 1.40 bits per heavy atom. The maximum Gasteiger partial charge on any atom is 0.134 e. The van der Waals surface area contributed by atoms with Gasteiger partial charge in [0.2, 0.25) is 0 Å². The summed E-state index contributed by atoms with van der Waals surface area (Å²) in [7, 11) is 0. The van der Waals surface area contributed by atoms with Crippen molar-refractivity contribution in [2.24, 2.45) is 0 Å². The van der Waals surface area contributed by atoms with Crippen LogP contribution in [0, 0.1) is 34.6 Å². The molecule has 3 rings (SSSR count). The van der Waals surface area contributed by atoms with Crippen molar-refractivity contribution in [1.29, 1.82) is 0 Å². The number of hydrogen-bond acceptors (Lipinski definition) is 2. The van der Waals surface area contributed by atoms with E-state index in [2.05, 4.69) is 64.1 Å². The summed E-state index contributed by atoms with van der Waals surface area (Å²) in [5.74, 6) is 3.40. The monoisotopic (exact) mass is 332 g/mol. The van der Waals surface area contributed by atoms with Gasteiger partial charge in [0.1, 0.15) is 23.0 Å². The van der Waals surface area contributed by atoms with Gasteiger partial charge in [-0.2, -0.15) is 0 Å². The molecule has 0 aliphatic carbocycles. The van der Waals surface area contributed by atoms with Crippen LogP contribution in [0.5, 0.6) is 23.0 Å². The zero-order valence-corrected chi connectivity index (χ0v) is 15.5. The van der Waals surface area contributed by atoms with Gasteiger partial charge in [-0.1, -0.05) is 30.3 Å². The van der Waals surface area contributed by atoms with Gasteiger partial charge in [-0.15, -0.1) is 0 Å². The Hall–Kier alpha value is -2.74. The molecule has 0 saturated carbocycles. The quantitative estimate of drug-likeness (QED) is 0.522. The summed E-state index contributed by atoms with van der Waals surface area (Å²) in [6.07, 6.45) is 0. The van der Waals surface area contributed by atoms with Crippen molar-refractivity contribution in [3.05, 3.63) is 82.4 Å². The highest BCUT2D eigenvalue weighted by atomic mass is 16.5. The van der Waals surface area contributed by atoms with Crippen molar-refractivity contribution >= 4 is 0 Å². The Labute approximate surface area is 150 Å². The zero-order chi connectivity index (χ0) is 18.0. The molecule has 0 spiro atoms. The van der Waals surface area contributed by atoms with Crippen LogP contribution in [-0.2, 0) is 0 Å². The van der Waals surface area contributed by atoms with Crippen LogP contribution in [-0.4, -0.2) is 0 Å². The molecule has 0 radical (unpaired) electrons. The van der Waals surface area contributed by atoms with E-state index in [1.165, 1.54) is 11.1 Å². The molecule has 0 aliphatic heterocycles. The summed E-state index contributed by atoms with van der Waals surface area (Å²) in [6.45, 7) is 10.3. The van der Waals surface area contributed by atoms with Gasteiger partial charge in [-0.3, -0.25) is 0 Å². The minimum Gasteiger partial charge on any atom is -0.457 e. The fraction of sp³-hybridized carbons (Fsp3) is 0.217. The van der Waals surface area contributed by atoms with Crippen LogP contribution in [0.2, 0.25) is 0 Å². The van der Waals surface area contributed by atoms with E-state index in [0.717, 1.165) is 39.7 Å². The fourth-order valence-corrected chi connectivity index (χ4v) is 2.69. The van der Waals surface area contributed by atoms with E-state index in [9.17, 15) is 0 Å². The second kappa shape index (κ2) is 7.02. The zero-order valence-electron chi connectivity index (χ0n) is 15.5. The Morgan fingerprint density at radius 1 is 0.520 bits per heavy atom. The molecule has 0 saturated heterocycles. The topological polar surface area (TPSA) is 18.5 Å². The third kappa shape index (κ3) is 3.85. The summed E-state index contributed by atoms with van der Waals surface area (Å²) in [6, 6.07) is 18.4. The molecular formula is C23H24O2. The van der Waals surface area contributed by atoms with Crippen LogP contribution in [0.3, 0.4) is 0 Å². The van der Waals surface area contributed by atoms with Gasteiger partial charge in [0.15, 0.2) is 0 Å². The van der Waals surface area contributed by atoms with Gasteiger partial charge in [0.05, 0.1) is 0 Å². The second-order valence-corrected chi connectivity index (χ2v) is 6.62. The molecule has 0 fully saturated rings. The van der Waals surface area contributed by atoms with E-state index in [4.69, 9.17) is 9.47 Å². The summed E-state index contributed by atoms with van der Waals surface area (Å²) in [4.78, 5) is 0. The maximum absolute atomic E-state index is 6.17. The van der Waals surface area contributed by atoms with Crippen LogP contribution in [0.25, 0.3) is 0 Å². The second-order valence-electron chi connectivity index (χ2n) is 6.62. The van der Waals surface area contributed by atoms with Crippen molar-refractivity contribution in [3.8, 4) is 23.0 Å². The summed E-state index contributed by atoms with van der Waals surface area (Å²) >= 11 is 0. The van der Waals surface area contributed by atoms with Crippen LogP contribution in [0.1, 0.15) is 27.8 Å². The molecule has 0 heterocycles. The highest BCUT2D eigenvalue weighted by Crippen LogP contribution is 2.36. The molecule has 2 nitrogen and oxygen atoms in total. The van der Waals surface area contributed by atoms with Gasteiger partial charge in [0, 0.05) is 5.56 Å². The molecule has 0 aliphatic rings. The number of benzene rings is 3. The van der Waals surface area contributed by atoms with Gasteiger partial charge in [-0.25, -0.2) is 0 Å². The lowest BCUT2D eigenvalue weighted by molar-refractivity contribution is 0.450. The Bertz CT molecular complexity index is 838. The summed E-state index contributed by atoms with van der Waals surface area (Å²) < 4.78 is 12.3. The molecule has 128 valence electrons. The predicted octanol–water partition coefficient (Wildman–Crippen LogP) is 6.81. The molecule has 0 aromatic heterocycles. The van der Waals surface area contributed by atoms with E-state index >= 15 is 0 Å². The Morgan fingerprint density at radius 2 is 0.960 bits per heavy atom. The average Bonchev–Trinajstić information content (AvgIpc) is 2.58. The Balaban J connectivity index is 1.92. The first-order valence-corrected chi connectivity index (χ1v) is 8.54. The summed E-state index contributed by atoms with van der Waals surface area (Å²) in [5, 5.41) is 0. The molecule has 3 aromatic carbocycles. The molecule has 0 bridgehead atoms. The fourth-order valence-electron chi connectivity index (χ4n) is 2.69. The van der Waals surface area contributed by atoms with Crippen molar-refractivity contribution < 1.29 is 9.47 Å². The molecule has 0 unspecified atom stereocenters. The number of ether oxygens (including phenoxy) is 2. The molecule has 25 heavy (non-hydrogen) atoms. The largest absolute Gasteiger partial charge is 0.457 e.